The van der Waals surface area contributed by atoms with E-state index in [0.717, 1.165) is 0 Å². The van der Waals surface area contributed by atoms with Gasteiger partial charge in [-0.25, -0.2) is 0 Å². The van der Waals surface area contributed by atoms with E-state index in [4.69, 9.17) is 0 Å². The van der Waals surface area contributed by atoms with Crippen molar-refractivity contribution in [1.29, 1.82) is 0 Å². The van der Waals surface area contributed by atoms with Crippen molar-refractivity contribution >= 4 is 14.7 Å². The Balaban J connectivity index is 0.00000216. The first-order valence-electron chi connectivity index (χ1n) is 12.1. The molecule has 0 aliphatic heterocycles. The zero-order valence-electron chi connectivity index (χ0n) is 24.1. The van der Waals surface area contributed by atoms with Crippen LogP contribution in [-0.4, -0.2) is 9.52 Å². The fraction of sp³-hybridized carbons (Fsp3) is 0.265. The predicted molar refractivity (Wildman–Crippen MR) is 161 cm³/mol. The van der Waals surface area contributed by atoms with E-state index in [0.29, 0.717) is 5.54 Å². The minimum atomic E-state index is -0.635. The molecule has 4 aromatic rings. The Morgan fingerprint density at radius 2 is 1.17 bits per heavy atom. The van der Waals surface area contributed by atoms with Crippen LogP contribution in [0.3, 0.4) is 0 Å². The van der Waals surface area contributed by atoms with Crippen LogP contribution in [0.25, 0.3) is 11.1 Å². The van der Waals surface area contributed by atoms with Crippen LogP contribution in [0.1, 0.15) is 61.2 Å². The molecule has 0 aliphatic carbocycles. The summed E-state index contributed by atoms with van der Waals surface area (Å²) >= 11 is 0. The van der Waals surface area contributed by atoms with Gasteiger partial charge in [-0.3, -0.25) is 0 Å². The molecule has 36 heavy (non-hydrogen) atoms. The van der Waals surface area contributed by atoms with Gasteiger partial charge in [0.15, 0.2) is 0 Å². The van der Waals surface area contributed by atoms with Crippen molar-refractivity contribution in [2.24, 2.45) is 0 Å². The fourth-order valence-electron chi connectivity index (χ4n) is 5.55. The Bertz CT molecular complexity index is 1270. The Hall–Kier alpha value is -2.06. The summed E-state index contributed by atoms with van der Waals surface area (Å²) in [6, 6.07) is 23.1. The molecule has 2 heteroatoms. The molecule has 0 saturated carbocycles. The molecule has 0 heterocycles. The Kier molecular flexibility index (Phi) is 11.5. The van der Waals surface area contributed by atoms with Gasteiger partial charge in [0, 0.05) is 0 Å². The zero-order chi connectivity index (χ0) is 23.9. The van der Waals surface area contributed by atoms with Crippen LogP contribution < -0.4 is 5.19 Å². The van der Waals surface area contributed by atoms with Crippen LogP contribution in [0, 0.1) is 70.2 Å². The largest absolute Gasteiger partial charge is 3.00 e. The molecule has 1 atom stereocenters. The molecule has 0 aromatic heterocycles. The molecular formula is C34H43SiTi. The molecule has 0 bridgehead atoms. The monoisotopic (exact) mass is 527 g/mol. The number of rotatable bonds is 5. The van der Waals surface area contributed by atoms with E-state index in [1.807, 2.05) is 0 Å². The molecule has 187 valence electrons. The van der Waals surface area contributed by atoms with E-state index in [-0.39, 0.29) is 36.6 Å². The number of hydrogen-bond acceptors (Lipinski definition) is 0. The predicted octanol–water partition coefficient (Wildman–Crippen LogP) is 8.02. The van der Waals surface area contributed by atoms with Gasteiger partial charge in [0.05, 0.1) is 9.52 Å². The van der Waals surface area contributed by atoms with Gasteiger partial charge < -0.3 is 14.9 Å². The Morgan fingerprint density at radius 1 is 0.639 bits per heavy atom. The topological polar surface area (TPSA) is 0 Å². The Labute approximate surface area is 238 Å². The third-order valence-corrected chi connectivity index (χ3v) is 9.82. The van der Waals surface area contributed by atoms with Gasteiger partial charge in [-0.15, -0.1) is 16.7 Å². The summed E-state index contributed by atoms with van der Waals surface area (Å²) in [5, 5.41) is 1.56. The molecule has 0 amide bonds. The summed E-state index contributed by atoms with van der Waals surface area (Å²) in [7, 11) is -0.635. The van der Waals surface area contributed by atoms with Crippen LogP contribution in [0.5, 0.6) is 0 Å². The first kappa shape index (κ1) is 32.0. The second-order valence-electron chi connectivity index (χ2n) is 10.1. The van der Waals surface area contributed by atoms with Gasteiger partial charge in [0.25, 0.3) is 0 Å². The first-order valence-corrected chi connectivity index (χ1v) is 13.7. The van der Waals surface area contributed by atoms with E-state index in [9.17, 15) is 0 Å². The summed E-state index contributed by atoms with van der Waals surface area (Å²) in [5.41, 5.74) is 17.7. The minimum absolute atomic E-state index is 0. The van der Waals surface area contributed by atoms with Crippen molar-refractivity contribution in [1.82, 2.24) is 0 Å². The van der Waals surface area contributed by atoms with Gasteiger partial charge in [0.1, 0.15) is 0 Å². The molecular weight excluding hydrogens is 484 g/mol. The average Bonchev–Trinajstić information content (AvgIpc) is 2.99. The van der Waals surface area contributed by atoms with Crippen molar-refractivity contribution in [3.05, 3.63) is 131 Å². The summed E-state index contributed by atoms with van der Waals surface area (Å²) in [6.45, 7) is 18.2. The van der Waals surface area contributed by atoms with Gasteiger partial charge in [0.2, 0.25) is 0 Å². The van der Waals surface area contributed by atoms with Crippen LogP contribution >= 0.6 is 0 Å². The third kappa shape index (κ3) is 6.25. The summed E-state index contributed by atoms with van der Waals surface area (Å²) < 4.78 is 0. The molecule has 1 radical (unpaired) electrons. The summed E-state index contributed by atoms with van der Waals surface area (Å²) in [6.07, 6.45) is 0. The molecule has 4 rings (SSSR count). The van der Waals surface area contributed by atoms with Crippen LogP contribution in [0.4, 0.5) is 0 Å². The van der Waals surface area contributed by atoms with Crippen molar-refractivity contribution in [2.45, 2.75) is 60.9 Å². The third-order valence-electron chi connectivity index (χ3n) is 7.66. The van der Waals surface area contributed by atoms with Gasteiger partial charge in [-0.05, 0) is 56.9 Å². The molecule has 1 unspecified atom stereocenters. The maximum atomic E-state index is 2.46. The quantitative estimate of drug-likeness (QED) is 0.182. The second-order valence-corrected chi connectivity index (χ2v) is 12.1. The van der Waals surface area contributed by atoms with Gasteiger partial charge >= 0.3 is 21.7 Å². The number of aryl methyl sites for hydroxylation is 4. The Morgan fingerprint density at radius 3 is 1.69 bits per heavy atom. The summed E-state index contributed by atoms with van der Waals surface area (Å²) in [4.78, 5) is 0. The zero-order valence-corrected chi connectivity index (χ0v) is 27.0. The van der Waals surface area contributed by atoms with E-state index in [2.05, 4.69) is 116 Å². The molecule has 0 nitrogen and oxygen atoms in total. The SMILES string of the molecule is Cc1cc(C)cc(C([SiH2]c2cc(C)c(C)c(C)c2)[c-]2c(C)c(C)c(C)c2-c2ccccc2)c1.[CH3-].[CH3-].[Ti+3]. The maximum Gasteiger partial charge on any atom is 3.00 e. The molecule has 0 N–H and O–H groups in total. The van der Waals surface area contributed by atoms with E-state index >= 15 is 0 Å². The normalized spacial score (nSPS) is 11.6. The van der Waals surface area contributed by atoms with Crippen molar-refractivity contribution in [3.8, 4) is 11.1 Å². The minimum Gasteiger partial charge on any atom is -0.358 e. The number of hydrogen-bond donors (Lipinski definition) is 0. The van der Waals surface area contributed by atoms with E-state index in [1.54, 1.807) is 10.8 Å². The maximum absolute atomic E-state index is 2.46. The molecule has 4 aromatic carbocycles. The first-order chi connectivity index (χ1) is 15.7. The van der Waals surface area contributed by atoms with Crippen molar-refractivity contribution in [3.63, 3.8) is 0 Å². The van der Waals surface area contributed by atoms with Crippen LogP contribution in [0.15, 0.2) is 60.7 Å². The summed E-state index contributed by atoms with van der Waals surface area (Å²) in [5.74, 6) is 0. The smallest absolute Gasteiger partial charge is 0.358 e. The van der Waals surface area contributed by atoms with Gasteiger partial charge in [-0.2, -0.15) is 11.1 Å². The molecule has 0 fully saturated rings. The molecule has 0 saturated heterocycles. The van der Waals surface area contributed by atoms with E-state index < -0.39 is 9.52 Å². The van der Waals surface area contributed by atoms with Crippen molar-refractivity contribution < 1.29 is 21.7 Å². The van der Waals surface area contributed by atoms with Gasteiger partial charge in [-0.1, -0.05) is 109 Å². The molecule has 0 aliphatic rings. The average molecular weight is 528 g/mol. The van der Waals surface area contributed by atoms with Crippen molar-refractivity contribution in [2.75, 3.05) is 0 Å². The standard InChI is InChI=1S/C32H37Si.2CH3.Ti/c1-19-14-20(2)16-28(15-19)32(33-29-17-21(3)23(5)22(4)18-29)31-26(8)24(6)25(7)30(31)27-12-10-9-11-13-27;;;/h9-18,32H,33H2,1-8H3;2*1H3;/q3*-1;+3. The second kappa shape index (κ2) is 13.0. The van der Waals surface area contributed by atoms with E-state index in [1.165, 1.54) is 61.2 Å². The number of benzene rings is 3. The fourth-order valence-corrected chi connectivity index (χ4v) is 8.05. The van der Waals surface area contributed by atoms with Crippen LogP contribution in [-0.2, 0) is 21.7 Å². The molecule has 0 spiro atoms. The van der Waals surface area contributed by atoms with Crippen LogP contribution in [0.2, 0.25) is 0 Å².